The number of hydrogen-bond acceptors (Lipinski definition) is 4. The minimum absolute atomic E-state index is 0.0775. The topological polar surface area (TPSA) is 59.3 Å². The predicted molar refractivity (Wildman–Crippen MR) is 87.1 cm³/mol. The van der Waals surface area contributed by atoms with Crippen molar-refractivity contribution >= 4 is 5.97 Å². The van der Waals surface area contributed by atoms with Gasteiger partial charge < -0.3 is 9.47 Å². The summed E-state index contributed by atoms with van der Waals surface area (Å²) in [6.45, 7) is 4.86. The number of nitriles is 1. The molecule has 23 heavy (non-hydrogen) atoms. The summed E-state index contributed by atoms with van der Waals surface area (Å²) in [7, 11) is 0. The van der Waals surface area contributed by atoms with E-state index in [9.17, 15) is 4.79 Å². The van der Waals surface area contributed by atoms with Crippen LogP contribution in [0.4, 0.5) is 0 Å². The summed E-state index contributed by atoms with van der Waals surface area (Å²) in [6.07, 6.45) is 0. The molecule has 0 aliphatic heterocycles. The van der Waals surface area contributed by atoms with Crippen molar-refractivity contribution in [1.82, 2.24) is 0 Å². The molecule has 2 rings (SSSR count). The van der Waals surface area contributed by atoms with E-state index in [-0.39, 0.29) is 6.61 Å². The molecule has 118 valence electrons. The molecule has 0 aromatic heterocycles. The van der Waals surface area contributed by atoms with Gasteiger partial charge in [-0.15, -0.1) is 0 Å². The van der Waals surface area contributed by atoms with Crippen LogP contribution in [-0.4, -0.2) is 12.6 Å². The molecule has 0 fully saturated rings. The van der Waals surface area contributed by atoms with Gasteiger partial charge in [-0.3, -0.25) is 0 Å². The minimum atomic E-state index is -0.423. The Bertz CT molecular complexity index is 699. The first-order valence-electron chi connectivity index (χ1n) is 7.48. The van der Waals surface area contributed by atoms with Crippen molar-refractivity contribution in [1.29, 1.82) is 5.26 Å². The quantitative estimate of drug-likeness (QED) is 0.758. The molecular formula is C19H19NO3. The molecule has 0 spiro atoms. The summed E-state index contributed by atoms with van der Waals surface area (Å²) in [6, 6.07) is 16.0. The monoisotopic (exact) mass is 309 g/mol. The molecule has 4 nitrogen and oxygen atoms in total. The van der Waals surface area contributed by atoms with Gasteiger partial charge in [-0.2, -0.15) is 5.26 Å². The van der Waals surface area contributed by atoms with Crippen LogP contribution in [0.1, 0.15) is 35.3 Å². The second-order valence-corrected chi connectivity index (χ2v) is 5.57. The highest BCUT2D eigenvalue weighted by Gasteiger charge is 2.09. The van der Waals surface area contributed by atoms with Crippen molar-refractivity contribution in [2.45, 2.75) is 20.5 Å². The highest BCUT2D eigenvalue weighted by Crippen LogP contribution is 2.15. The molecule has 0 amide bonds. The molecule has 0 atom stereocenters. The number of hydrogen-bond donors (Lipinski definition) is 0. The molecule has 0 unspecified atom stereocenters. The second-order valence-electron chi connectivity index (χ2n) is 5.57. The Kier molecular flexibility index (Phi) is 5.76. The molecule has 0 N–H and O–H groups in total. The summed E-state index contributed by atoms with van der Waals surface area (Å²) < 4.78 is 10.8. The van der Waals surface area contributed by atoms with Crippen LogP contribution in [0.15, 0.2) is 48.5 Å². The van der Waals surface area contributed by atoms with E-state index < -0.39 is 5.97 Å². The molecule has 0 bridgehead atoms. The maximum Gasteiger partial charge on any atom is 0.338 e. The van der Waals surface area contributed by atoms with Gasteiger partial charge in [0.05, 0.1) is 23.8 Å². The molecular weight excluding hydrogens is 290 g/mol. The third-order valence-electron chi connectivity index (χ3n) is 3.17. The Morgan fingerprint density at radius 2 is 1.83 bits per heavy atom. The van der Waals surface area contributed by atoms with Gasteiger partial charge in [-0.05, 0) is 36.2 Å². The van der Waals surface area contributed by atoms with E-state index in [1.807, 2.05) is 6.07 Å². The van der Waals surface area contributed by atoms with E-state index in [0.717, 1.165) is 5.75 Å². The summed E-state index contributed by atoms with van der Waals surface area (Å²) in [4.78, 5) is 12.0. The van der Waals surface area contributed by atoms with Crippen molar-refractivity contribution in [3.05, 3.63) is 65.2 Å². The van der Waals surface area contributed by atoms with Gasteiger partial charge in [0.1, 0.15) is 12.4 Å². The largest absolute Gasteiger partial charge is 0.493 e. The third kappa shape index (κ3) is 4.86. The summed E-state index contributed by atoms with van der Waals surface area (Å²) >= 11 is 0. The first-order chi connectivity index (χ1) is 11.1. The number of carbonyl (C=O) groups excluding carboxylic acids is 1. The molecule has 0 aliphatic rings. The van der Waals surface area contributed by atoms with Gasteiger partial charge in [0, 0.05) is 5.56 Å². The first-order valence-corrected chi connectivity index (χ1v) is 7.48. The van der Waals surface area contributed by atoms with Gasteiger partial charge >= 0.3 is 5.97 Å². The van der Waals surface area contributed by atoms with E-state index in [1.165, 1.54) is 0 Å². The SMILES string of the molecule is CC(C)COc1ccc(C(=O)OCc2ccccc2C#N)cc1. The molecule has 0 radical (unpaired) electrons. The Morgan fingerprint density at radius 3 is 2.48 bits per heavy atom. The van der Waals surface area contributed by atoms with Gasteiger partial charge in [-0.1, -0.05) is 32.0 Å². The van der Waals surface area contributed by atoms with Crippen LogP contribution in [0.25, 0.3) is 0 Å². The van der Waals surface area contributed by atoms with Gasteiger partial charge in [0.25, 0.3) is 0 Å². The van der Waals surface area contributed by atoms with Crippen molar-refractivity contribution in [3.63, 3.8) is 0 Å². The molecule has 2 aromatic rings. The molecule has 0 saturated heterocycles. The van der Waals surface area contributed by atoms with E-state index in [1.54, 1.807) is 42.5 Å². The van der Waals surface area contributed by atoms with Crippen LogP contribution in [0.2, 0.25) is 0 Å². The fourth-order valence-corrected chi connectivity index (χ4v) is 1.93. The number of benzene rings is 2. The number of carbonyl (C=O) groups is 1. The van der Waals surface area contributed by atoms with Crippen molar-refractivity contribution in [2.24, 2.45) is 5.92 Å². The Hall–Kier alpha value is -2.80. The number of esters is 1. The van der Waals surface area contributed by atoms with Gasteiger partial charge in [-0.25, -0.2) is 4.79 Å². The van der Waals surface area contributed by atoms with Crippen molar-refractivity contribution < 1.29 is 14.3 Å². The summed E-state index contributed by atoms with van der Waals surface area (Å²) in [5.74, 6) is 0.748. The van der Waals surface area contributed by atoms with E-state index in [4.69, 9.17) is 14.7 Å². The minimum Gasteiger partial charge on any atom is -0.493 e. The van der Waals surface area contributed by atoms with Crippen LogP contribution in [0, 0.1) is 17.2 Å². The maximum absolute atomic E-state index is 12.0. The maximum atomic E-state index is 12.0. The summed E-state index contributed by atoms with van der Waals surface area (Å²) in [5, 5.41) is 9.02. The standard InChI is InChI=1S/C19H19NO3/c1-14(2)12-22-18-9-7-15(8-10-18)19(21)23-13-17-6-4-3-5-16(17)11-20/h3-10,14H,12-13H2,1-2H3. The third-order valence-corrected chi connectivity index (χ3v) is 3.17. The molecule has 0 aliphatic carbocycles. The molecule has 0 heterocycles. The normalized spacial score (nSPS) is 10.2. The van der Waals surface area contributed by atoms with Gasteiger partial charge in [0.15, 0.2) is 0 Å². The lowest BCUT2D eigenvalue weighted by Crippen LogP contribution is -2.07. The number of nitrogens with zero attached hydrogens (tertiary/aromatic N) is 1. The zero-order valence-corrected chi connectivity index (χ0v) is 13.3. The summed E-state index contributed by atoms with van der Waals surface area (Å²) in [5.41, 5.74) is 1.66. The van der Waals surface area contributed by atoms with Crippen molar-refractivity contribution in [2.75, 3.05) is 6.61 Å². The molecule has 0 saturated carbocycles. The lowest BCUT2D eigenvalue weighted by atomic mass is 10.1. The van der Waals surface area contributed by atoms with Crippen LogP contribution in [0.3, 0.4) is 0 Å². The highest BCUT2D eigenvalue weighted by atomic mass is 16.5. The van der Waals surface area contributed by atoms with E-state index in [2.05, 4.69) is 19.9 Å². The molecule has 2 aromatic carbocycles. The fourth-order valence-electron chi connectivity index (χ4n) is 1.93. The van der Waals surface area contributed by atoms with Crippen LogP contribution in [0.5, 0.6) is 5.75 Å². The lowest BCUT2D eigenvalue weighted by molar-refractivity contribution is 0.0472. The van der Waals surface area contributed by atoms with Crippen LogP contribution >= 0.6 is 0 Å². The average molecular weight is 309 g/mol. The second kappa shape index (κ2) is 8.00. The Balaban J connectivity index is 1.94. The Labute approximate surface area is 136 Å². The van der Waals surface area contributed by atoms with E-state index >= 15 is 0 Å². The van der Waals surface area contributed by atoms with Gasteiger partial charge in [0.2, 0.25) is 0 Å². The lowest BCUT2D eigenvalue weighted by Gasteiger charge is -2.09. The zero-order chi connectivity index (χ0) is 16.7. The number of rotatable bonds is 6. The van der Waals surface area contributed by atoms with E-state index in [0.29, 0.717) is 29.2 Å². The average Bonchev–Trinajstić information content (AvgIpc) is 2.58. The smallest absolute Gasteiger partial charge is 0.338 e. The van der Waals surface area contributed by atoms with Crippen molar-refractivity contribution in [3.8, 4) is 11.8 Å². The first kappa shape index (κ1) is 16.6. The van der Waals surface area contributed by atoms with Crippen LogP contribution in [-0.2, 0) is 11.3 Å². The highest BCUT2D eigenvalue weighted by molar-refractivity contribution is 5.89. The zero-order valence-electron chi connectivity index (χ0n) is 13.3. The van der Waals surface area contributed by atoms with Crippen LogP contribution < -0.4 is 4.74 Å². The number of ether oxygens (including phenoxy) is 2. The Morgan fingerprint density at radius 1 is 1.13 bits per heavy atom. The molecule has 4 heteroatoms. The fraction of sp³-hybridized carbons (Fsp3) is 0.263. The predicted octanol–water partition coefficient (Wildman–Crippen LogP) is 3.95.